The highest BCUT2D eigenvalue weighted by Gasteiger charge is 2.68. The van der Waals surface area contributed by atoms with Gasteiger partial charge in [0, 0.05) is 41.4 Å². The number of aromatic nitrogens is 3. The van der Waals surface area contributed by atoms with E-state index in [1.165, 1.54) is 11.3 Å². The van der Waals surface area contributed by atoms with Gasteiger partial charge in [0.25, 0.3) is 5.91 Å². The topological polar surface area (TPSA) is 91.0 Å². The second-order valence-corrected chi connectivity index (χ2v) is 11.1. The van der Waals surface area contributed by atoms with Gasteiger partial charge >= 0.3 is 0 Å². The van der Waals surface area contributed by atoms with Crippen molar-refractivity contribution < 1.29 is 9.59 Å². The van der Waals surface area contributed by atoms with Crippen molar-refractivity contribution in [3.63, 3.8) is 0 Å². The molecule has 3 aromatic rings. The Hall–Kier alpha value is -2.74. The Morgan fingerprint density at radius 2 is 1.88 bits per heavy atom. The van der Waals surface area contributed by atoms with E-state index >= 15 is 0 Å². The second kappa shape index (κ2) is 7.40. The molecule has 5 rings (SSSR count). The van der Waals surface area contributed by atoms with Crippen molar-refractivity contribution in [2.45, 2.75) is 46.5 Å². The number of anilines is 1. The third-order valence-electron chi connectivity index (χ3n) is 7.88. The molecule has 168 valence electrons. The molecule has 0 atom stereocenters. The zero-order chi connectivity index (χ0) is 22.7. The maximum Gasteiger partial charge on any atom is 0.275 e. The molecule has 8 heteroatoms. The quantitative estimate of drug-likeness (QED) is 0.604. The highest BCUT2D eigenvalue weighted by Crippen LogP contribution is 2.68. The summed E-state index contributed by atoms with van der Waals surface area (Å²) in [6, 6.07) is 5.64. The number of nitrogens with zero attached hydrogens (tertiary/aromatic N) is 3. The number of carbonyl (C=O) groups excluding carboxylic acids is 2. The monoisotopic (exact) mass is 451 g/mol. The van der Waals surface area contributed by atoms with Crippen LogP contribution in [0.3, 0.4) is 0 Å². The number of nitrogens with one attached hydrogen (secondary N) is 2. The lowest BCUT2D eigenvalue weighted by Gasteiger charge is -2.31. The predicted molar refractivity (Wildman–Crippen MR) is 126 cm³/mol. The number of hydrogen-bond acceptors (Lipinski definition) is 5. The molecule has 1 aliphatic heterocycles. The van der Waals surface area contributed by atoms with Gasteiger partial charge < -0.3 is 10.2 Å². The van der Waals surface area contributed by atoms with Gasteiger partial charge in [-0.05, 0) is 41.9 Å². The van der Waals surface area contributed by atoms with E-state index in [9.17, 15) is 9.59 Å². The van der Waals surface area contributed by atoms with Crippen LogP contribution in [0.1, 0.15) is 62.0 Å². The van der Waals surface area contributed by atoms with Crippen molar-refractivity contribution in [3.05, 3.63) is 40.5 Å². The third-order valence-corrected chi connectivity index (χ3v) is 8.89. The van der Waals surface area contributed by atoms with E-state index in [0.29, 0.717) is 23.2 Å². The Morgan fingerprint density at radius 1 is 1.16 bits per heavy atom. The number of thiazole rings is 1. The minimum Gasteiger partial charge on any atom is -0.342 e. The van der Waals surface area contributed by atoms with Crippen molar-refractivity contribution >= 4 is 39.7 Å². The van der Waals surface area contributed by atoms with Gasteiger partial charge in [-0.15, -0.1) is 11.3 Å². The summed E-state index contributed by atoms with van der Waals surface area (Å²) < 4.78 is 0. The number of benzene rings is 1. The minimum absolute atomic E-state index is 0.0699. The number of amides is 2. The Kier molecular flexibility index (Phi) is 4.89. The molecule has 1 aromatic carbocycles. The fourth-order valence-electron chi connectivity index (χ4n) is 5.13. The number of likely N-dealkylation sites (tertiary alicyclic amines) is 1. The lowest BCUT2D eigenvalue weighted by molar-refractivity contribution is -0.134. The van der Waals surface area contributed by atoms with E-state index in [1.54, 1.807) is 6.20 Å². The molecule has 0 bridgehead atoms. The standard InChI is InChI=1S/C24H29N5O2S/c1-23(2)19(24(23,3)4)22(31)29-9-7-14(8-10-29)21-27-18(13-32-21)20(30)26-16-6-5-15-12-25-28-17(15)11-16/h5-6,11-14,19H,7-10H2,1-4H3,(H,25,28)(H,26,30). The average Bonchev–Trinajstić information content (AvgIpc) is 3.27. The minimum atomic E-state index is -0.211. The zero-order valence-electron chi connectivity index (χ0n) is 18.9. The predicted octanol–water partition coefficient (Wildman–Crippen LogP) is 4.66. The van der Waals surface area contributed by atoms with Crippen LogP contribution in [-0.4, -0.2) is 45.0 Å². The number of hydrogen-bond donors (Lipinski definition) is 2. The van der Waals surface area contributed by atoms with Crippen molar-refractivity contribution in [2.24, 2.45) is 16.7 Å². The van der Waals surface area contributed by atoms with Gasteiger partial charge in [-0.2, -0.15) is 5.10 Å². The molecular weight excluding hydrogens is 422 g/mol. The van der Waals surface area contributed by atoms with E-state index < -0.39 is 0 Å². The van der Waals surface area contributed by atoms with Crippen LogP contribution in [0.2, 0.25) is 0 Å². The largest absolute Gasteiger partial charge is 0.342 e. The fourth-order valence-corrected chi connectivity index (χ4v) is 6.10. The molecule has 1 aliphatic carbocycles. The first-order valence-corrected chi connectivity index (χ1v) is 12.0. The van der Waals surface area contributed by atoms with Crippen LogP contribution in [0.4, 0.5) is 5.69 Å². The molecule has 2 amide bonds. The molecule has 1 saturated heterocycles. The van der Waals surface area contributed by atoms with Crippen molar-refractivity contribution in [3.8, 4) is 0 Å². The number of aromatic amines is 1. The summed E-state index contributed by atoms with van der Waals surface area (Å²) in [6.07, 6.45) is 3.54. The van der Waals surface area contributed by atoms with Crippen molar-refractivity contribution in [1.82, 2.24) is 20.1 Å². The van der Waals surface area contributed by atoms with E-state index in [1.807, 2.05) is 28.5 Å². The van der Waals surface area contributed by atoms with E-state index in [2.05, 4.69) is 48.2 Å². The summed E-state index contributed by atoms with van der Waals surface area (Å²) in [6.45, 7) is 10.3. The molecule has 7 nitrogen and oxygen atoms in total. The van der Waals surface area contributed by atoms with Crippen LogP contribution in [0, 0.1) is 16.7 Å². The Balaban J connectivity index is 1.19. The highest BCUT2D eigenvalue weighted by molar-refractivity contribution is 7.10. The lowest BCUT2D eigenvalue weighted by Crippen LogP contribution is -2.39. The molecule has 0 spiro atoms. The third kappa shape index (κ3) is 3.41. The summed E-state index contributed by atoms with van der Waals surface area (Å²) in [7, 11) is 0. The Morgan fingerprint density at radius 3 is 2.56 bits per heavy atom. The van der Waals surface area contributed by atoms with E-state index in [0.717, 1.165) is 41.8 Å². The van der Waals surface area contributed by atoms with E-state index in [-0.39, 0.29) is 22.7 Å². The van der Waals surface area contributed by atoms with Gasteiger partial charge in [0.05, 0.1) is 16.7 Å². The van der Waals surface area contributed by atoms with Crippen LogP contribution in [0.5, 0.6) is 0 Å². The van der Waals surface area contributed by atoms with Gasteiger partial charge in [0.2, 0.25) is 5.91 Å². The highest BCUT2D eigenvalue weighted by atomic mass is 32.1. The fraction of sp³-hybridized carbons (Fsp3) is 0.500. The number of rotatable bonds is 4. The average molecular weight is 452 g/mol. The summed E-state index contributed by atoms with van der Waals surface area (Å²) in [4.78, 5) is 32.4. The van der Waals surface area contributed by atoms with Crippen LogP contribution >= 0.6 is 11.3 Å². The van der Waals surface area contributed by atoms with Gasteiger partial charge in [0.15, 0.2) is 0 Å². The number of carbonyl (C=O) groups is 2. The summed E-state index contributed by atoms with van der Waals surface area (Å²) >= 11 is 1.54. The molecule has 2 aromatic heterocycles. The first-order chi connectivity index (χ1) is 15.2. The first-order valence-electron chi connectivity index (χ1n) is 11.2. The smallest absolute Gasteiger partial charge is 0.275 e. The maximum absolute atomic E-state index is 13.0. The Bertz CT molecular complexity index is 1170. The Labute approximate surface area is 191 Å². The molecule has 32 heavy (non-hydrogen) atoms. The molecular formula is C24H29N5O2S. The van der Waals surface area contributed by atoms with Crippen LogP contribution in [0.25, 0.3) is 10.9 Å². The number of piperidine rings is 1. The van der Waals surface area contributed by atoms with Crippen molar-refractivity contribution in [1.29, 1.82) is 0 Å². The SMILES string of the molecule is CC1(C)C(C(=O)N2CCC(c3nc(C(=O)Nc4ccc5cn[nH]c5c4)cs3)CC2)C1(C)C. The normalized spacial score (nSPS) is 20.4. The summed E-state index contributed by atoms with van der Waals surface area (Å²) in [5, 5.41) is 13.6. The molecule has 2 fully saturated rings. The van der Waals surface area contributed by atoms with Crippen molar-refractivity contribution in [2.75, 3.05) is 18.4 Å². The van der Waals surface area contributed by atoms with Crippen LogP contribution < -0.4 is 5.32 Å². The van der Waals surface area contributed by atoms with Gasteiger partial charge in [0.1, 0.15) is 5.69 Å². The van der Waals surface area contributed by atoms with Gasteiger partial charge in [-0.25, -0.2) is 4.98 Å². The number of H-pyrrole nitrogens is 1. The molecule has 0 unspecified atom stereocenters. The molecule has 2 aliphatic rings. The zero-order valence-corrected chi connectivity index (χ0v) is 19.8. The molecule has 0 radical (unpaired) electrons. The summed E-state index contributed by atoms with van der Waals surface area (Å²) in [5.74, 6) is 0.499. The first kappa shape index (κ1) is 21.1. The van der Waals surface area contributed by atoms with Gasteiger partial charge in [-0.3, -0.25) is 14.7 Å². The maximum atomic E-state index is 13.0. The van der Waals surface area contributed by atoms with Crippen LogP contribution in [-0.2, 0) is 4.79 Å². The second-order valence-electron chi connectivity index (χ2n) is 10.2. The molecule has 2 N–H and O–H groups in total. The van der Waals surface area contributed by atoms with E-state index in [4.69, 9.17) is 0 Å². The van der Waals surface area contributed by atoms with Gasteiger partial charge in [-0.1, -0.05) is 27.7 Å². The molecule has 3 heterocycles. The number of fused-ring (bicyclic) bond motifs is 1. The van der Waals surface area contributed by atoms with Crippen LogP contribution in [0.15, 0.2) is 29.8 Å². The summed E-state index contributed by atoms with van der Waals surface area (Å²) in [5.41, 5.74) is 2.16. The molecule has 1 saturated carbocycles. The lowest BCUT2D eigenvalue weighted by atomic mass is 9.96.